The fourth-order valence-electron chi connectivity index (χ4n) is 4.13. The third-order valence-corrected chi connectivity index (χ3v) is 6.07. The zero-order valence-corrected chi connectivity index (χ0v) is 16.2. The van der Waals surface area contributed by atoms with Crippen molar-refractivity contribution in [3.8, 4) is 11.5 Å². The molecule has 2 bridgehead atoms. The monoisotopic (exact) mass is 356 g/mol. The molecule has 1 heterocycles. The zero-order chi connectivity index (χ0) is 18.8. The number of nitrogens with zero attached hydrogens (tertiary/aromatic N) is 2. The largest absolute Gasteiger partial charge is 0.465 e. The molecular weight excluding hydrogens is 328 g/mol. The molecule has 0 atom stereocenters. The van der Waals surface area contributed by atoms with Crippen molar-refractivity contribution in [2.75, 3.05) is 7.11 Å². The van der Waals surface area contributed by atoms with Gasteiger partial charge in [0.1, 0.15) is 0 Å². The van der Waals surface area contributed by atoms with E-state index in [1.54, 1.807) is 12.1 Å². The maximum absolute atomic E-state index is 11.5. The average Bonchev–Trinajstić information content (AvgIpc) is 3.21. The summed E-state index contributed by atoms with van der Waals surface area (Å²) in [7, 11) is 1.37. The minimum atomic E-state index is -0.348. The van der Waals surface area contributed by atoms with Gasteiger partial charge in [-0.2, -0.15) is 4.98 Å². The normalized spacial score (nSPS) is 26.8. The molecule has 0 radical (unpaired) electrons. The highest BCUT2D eigenvalue weighted by Crippen LogP contribution is 2.56. The molecule has 0 saturated heterocycles. The summed E-state index contributed by atoms with van der Waals surface area (Å²) < 4.78 is 10.2. The number of benzene rings is 1. The molecule has 1 aromatic carbocycles. The number of aromatic nitrogens is 2. The van der Waals surface area contributed by atoms with E-state index in [1.165, 1.54) is 26.4 Å². The van der Waals surface area contributed by atoms with Crippen LogP contribution in [-0.4, -0.2) is 23.2 Å². The van der Waals surface area contributed by atoms with Crippen LogP contribution in [0.4, 0.5) is 0 Å². The molecule has 0 aliphatic heterocycles. The van der Waals surface area contributed by atoms with Crippen molar-refractivity contribution in [2.45, 2.75) is 64.7 Å². The van der Waals surface area contributed by atoms with E-state index in [-0.39, 0.29) is 11.4 Å². The highest BCUT2D eigenvalue weighted by molar-refractivity contribution is 5.89. The molecule has 3 aliphatic rings. The van der Waals surface area contributed by atoms with Crippen molar-refractivity contribution in [1.29, 1.82) is 0 Å². The Balaban J connectivity index is 0.000000948. The second kappa shape index (κ2) is 7.22. The third kappa shape index (κ3) is 3.27. The molecular formula is C21H28N2O3. The number of rotatable bonds is 3. The molecule has 5 heteroatoms. The molecule has 1 aromatic heterocycles. The maximum Gasteiger partial charge on any atom is 0.337 e. The number of hydrogen-bond acceptors (Lipinski definition) is 5. The van der Waals surface area contributed by atoms with Crippen LogP contribution in [0.5, 0.6) is 0 Å². The Kier molecular flexibility index (Phi) is 5.17. The van der Waals surface area contributed by atoms with Gasteiger partial charge in [-0.15, -0.1) is 0 Å². The second-order valence-electron chi connectivity index (χ2n) is 7.58. The van der Waals surface area contributed by atoms with Gasteiger partial charge in [-0.1, -0.05) is 25.9 Å². The van der Waals surface area contributed by atoms with Gasteiger partial charge in [-0.3, -0.25) is 0 Å². The van der Waals surface area contributed by atoms with E-state index < -0.39 is 0 Å². The van der Waals surface area contributed by atoms with Crippen molar-refractivity contribution < 1.29 is 14.1 Å². The topological polar surface area (TPSA) is 65.2 Å². The smallest absolute Gasteiger partial charge is 0.337 e. The standard InChI is InChI=1S/C19H22N2O3.C2H6/c1-18-7-10-19(11-8-18,12-9-18)17-20-15(24-21-17)13-3-5-14(6-4-13)16(22)23-2;1-2/h3-6H,7-12H2,1-2H3;1-2H3. The van der Waals surface area contributed by atoms with Gasteiger partial charge in [-0.05, 0) is 68.2 Å². The number of methoxy groups -OCH3 is 1. The Bertz CT molecular complexity index is 739. The molecule has 3 fully saturated rings. The Morgan fingerprint density at radius 2 is 1.62 bits per heavy atom. The van der Waals surface area contributed by atoms with Crippen LogP contribution in [-0.2, 0) is 10.2 Å². The molecule has 5 rings (SSSR count). The summed E-state index contributed by atoms with van der Waals surface area (Å²) >= 11 is 0. The molecule has 5 nitrogen and oxygen atoms in total. The quantitative estimate of drug-likeness (QED) is 0.711. The average molecular weight is 356 g/mol. The fraction of sp³-hybridized carbons (Fsp3) is 0.571. The summed E-state index contributed by atoms with van der Waals surface area (Å²) in [5, 5.41) is 4.30. The number of carbonyl (C=O) groups excluding carboxylic acids is 1. The van der Waals surface area contributed by atoms with Crippen molar-refractivity contribution >= 4 is 5.97 Å². The predicted molar refractivity (Wildman–Crippen MR) is 99.9 cm³/mol. The summed E-state index contributed by atoms with van der Waals surface area (Å²) in [6.45, 7) is 6.40. The van der Waals surface area contributed by atoms with Gasteiger partial charge in [0.15, 0.2) is 5.82 Å². The van der Waals surface area contributed by atoms with Crippen LogP contribution in [0.15, 0.2) is 28.8 Å². The first-order valence-electron chi connectivity index (χ1n) is 9.57. The summed E-state index contributed by atoms with van der Waals surface area (Å²) in [5.74, 6) is 1.03. The maximum atomic E-state index is 11.5. The Hall–Kier alpha value is -2.17. The molecule has 2 aromatic rings. The first kappa shape index (κ1) is 18.6. The van der Waals surface area contributed by atoms with Crippen LogP contribution >= 0.6 is 0 Å². The van der Waals surface area contributed by atoms with Gasteiger partial charge < -0.3 is 9.26 Å². The lowest BCUT2D eigenvalue weighted by atomic mass is 9.54. The number of ether oxygens (including phenoxy) is 1. The van der Waals surface area contributed by atoms with Crippen molar-refractivity contribution in [2.24, 2.45) is 5.41 Å². The third-order valence-electron chi connectivity index (χ3n) is 6.07. The summed E-state index contributed by atoms with van der Waals surface area (Å²) in [5.41, 5.74) is 1.97. The first-order valence-corrected chi connectivity index (χ1v) is 9.57. The predicted octanol–water partition coefficient (Wildman–Crippen LogP) is 5.16. The van der Waals surface area contributed by atoms with Gasteiger partial charge in [0, 0.05) is 11.0 Å². The van der Waals surface area contributed by atoms with E-state index in [1.807, 2.05) is 26.0 Å². The van der Waals surface area contributed by atoms with Crippen LogP contribution in [0.2, 0.25) is 0 Å². The lowest BCUT2D eigenvalue weighted by Crippen LogP contribution is -2.43. The van der Waals surface area contributed by atoms with E-state index in [0.29, 0.717) is 16.9 Å². The number of fused-ring (bicyclic) bond motifs is 3. The van der Waals surface area contributed by atoms with Crippen molar-refractivity contribution in [3.05, 3.63) is 35.7 Å². The molecule has 3 aliphatic carbocycles. The van der Waals surface area contributed by atoms with Crippen LogP contribution in [0, 0.1) is 5.41 Å². The first-order chi connectivity index (χ1) is 12.5. The molecule has 26 heavy (non-hydrogen) atoms. The highest BCUT2D eigenvalue weighted by atomic mass is 16.5. The van der Waals surface area contributed by atoms with E-state index >= 15 is 0 Å². The summed E-state index contributed by atoms with van der Waals surface area (Å²) in [6, 6.07) is 7.08. The molecule has 0 N–H and O–H groups in total. The van der Waals surface area contributed by atoms with Crippen molar-refractivity contribution in [3.63, 3.8) is 0 Å². The van der Waals surface area contributed by atoms with Crippen molar-refractivity contribution in [1.82, 2.24) is 10.1 Å². The summed E-state index contributed by atoms with van der Waals surface area (Å²) in [4.78, 5) is 16.2. The molecule has 0 amide bonds. The SMILES string of the molecule is CC.COC(=O)c1ccc(-c2nc(C34CCC(C)(CC3)CC4)no2)cc1. The molecule has 0 unspecified atom stereocenters. The fourth-order valence-corrected chi connectivity index (χ4v) is 4.13. The Labute approximate surface area is 155 Å². The van der Waals surface area contributed by atoms with Gasteiger partial charge in [-0.25, -0.2) is 4.79 Å². The minimum absolute atomic E-state index is 0.103. The van der Waals surface area contributed by atoms with Gasteiger partial charge in [0.25, 0.3) is 5.89 Å². The van der Waals surface area contributed by atoms with Gasteiger partial charge in [0.05, 0.1) is 12.7 Å². The number of esters is 1. The lowest BCUT2D eigenvalue weighted by Gasteiger charge is -2.50. The molecule has 3 saturated carbocycles. The molecule has 0 spiro atoms. The van der Waals surface area contributed by atoms with Crippen LogP contribution in [0.1, 0.15) is 75.5 Å². The van der Waals surface area contributed by atoms with Gasteiger partial charge >= 0.3 is 5.97 Å². The molecule has 140 valence electrons. The summed E-state index contributed by atoms with van der Waals surface area (Å²) in [6.07, 6.45) is 7.23. The highest BCUT2D eigenvalue weighted by Gasteiger charge is 2.49. The van der Waals surface area contributed by atoms with Crippen LogP contribution < -0.4 is 0 Å². The van der Waals surface area contributed by atoms with Gasteiger partial charge in [0.2, 0.25) is 0 Å². The Morgan fingerprint density at radius 3 is 2.15 bits per heavy atom. The number of hydrogen-bond donors (Lipinski definition) is 0. The van der Waals surface area contributed by atoms with E-state index in [2.05, 4.69) is 12.1 Å². The van der Waals surface area contributed by atoms with Crippen LogP contribution in [0.3, 0.4) is 0 Å². The minimum Gasteiger partial charge on any atom is -0.465 e. The van der Waals surface area contributed by atoms with E-state index in [9.17, 15) is 4.79 Å². The lowest BCUT2D eigenvalue weighted by molar-refractivity contribution is 0.0493. The second-order valence-corrected chi connectivity index (χ2v) is 7.58. The Morgan fingerprint density at radius 1 is 1.04 bits per heavy atom. The van der Waals surface area contributed by atoms with E-state index in [0.717, 1.165) is 30.7 Å². The zero-order valence-electron chi connectivity index (χ0n) is 16.2. The van der Waals surface area contributed by atoms with E-state index in [4.69, 9.17) is 14.2 Å². The van der Waals surface area contributed by atoms with Crippen LogP contribution in [0.25, 0.3) is 11.5 Å². The number of carbonyl (C=O) groups is 1.